The molecule has 1 aromatic rings. The summed E-state index contributed by atoms with van der Waals surface area (Å²) < 4.78 is 1.52. The van der Waals surface area contributed by atoms with Crippen LogP contribution in [0.25, 0.3) is 0 Å². The summed E-state index contributed by atoms with van der Waals surface area (Å²) in [6.45, 7) is 0. The van der Waals surface area contributed by atoms with Crippen LogP contribution in [-0.4, -0.2) is 10.2 Å². The van der Waals surface area contributed by atoms with E-state index < -0.39 is 0 Å². The van der Waals surface area contributed by atoms with E-state index in [-0.39, 0.29) is 0 Å². The third-order valence-electron chi connectivity index (χ3n) is 0.663. The van der Waals surface area contributed by atoms with Crippen LogP contribution in [0.3, 0.4) is 0 Å². The fourth-order valence-corrected chi connectivity index (χ4v) is 1.49. The van der Waals surface area contributed by atoms with E-state index in [0.717, 1.165) is 0 Å². The average Bonchev–Trinajstić information content (AvgIpc) is 1.86. The Morgan fingerprint density at radius 1 is 1.67 bits per heavy atom. The topological polar surface area (TPSA) is 0 Å². The molecule has 0 fully saturated rings. The summed E-state index contributed by atoms with van der Waals surface area (Å²) in [4.78, 5) is 0. The molecule has 1 rings (SSSR count). The molecular formula is C4H6SSi. The van der Waals surface area contributed by atoms with Gasteiger partial charge in [-0.2, -0.15) is 11.3 Å². The summed E-state index contributed by atoms with van der Waals surface area (Å²) >= 11 is 1.84. The summed E-state index contributed by atoms with van der Waals surface area (Å²) in [5, 5.41) is 2.11. The van der Waals surface area contributed by atoms with E-state index in [1.807, 2.05) is 11.3 Å². The number of thiophene rings is 1. The van der Waals surface area contributed by atoms with Crippen LogP contribution >= 0.6 is 11.3 Å². The summed E-state index contributed by atoms with van der Waals surface area (Å²) in [5.41, 5.74) is 0. The summed E-state index contributed by atoms with van der Waals surface area (Å²) in [7, 11) is 1.21. The molecule has 0 saturated heterocycles. The molecule has 0 N–H and O–H groups in total. The van der Waals surface area contributed by atoms with Gasteiger partial charge < -0.3 is 0 Å². The molecule has 0 aliphatic heterocycles. The molecule has 32 valence electrons. The van der Waals surface area contributed by atoms with Crippen LogP contribution in [0, 0.1) is 0 Å². The lowest BCUT2D eigenvalue weighted by Gasteiger charge is -1.65. The highest BCUT2D eigenvalue weighted by molar-refractivity contribution is 7.18. The molecule has 0 amide bonds. The van der Waals surface area contributed by atoms with Gasteiger partial charge in [-0.3, -0.25) is 0 Å². The first-order valence-corrected chi connectivity index (χ1v) is 3.77. The molecule has 0 spiro atoms. The Bertz CT molecular complexity index is 111. The molecule has 1 heterocycles. The molecule has 0 aliphatic carbocycles. The zero-order chi connectivity index (χ0) is 4.41. The van der Waals surface area contributed by atoms with Crippen molar-refractivity contribution in [2.75, 3.05) is 0 Å². The lowest BCUT2D eigenvalue weighted by Crippen LogP contribution is -1.88. The molecule has 0 radical (unpaired) electrons. The molecule has 0 aromatic carbocycles. The predicted molar refractivity (Wildman–Crippen MR) is 33.9 cm³/mol. The van der Waals surface area contributed by atoms with Gasteiger partial charge in [0.1, 0.15) is 0 Å². The zero-order valence-electron chi connectivity index (χ0n) is 3.64. The van der Waals surface area contributed by atoms with E-state index in [1.54, 1.807) is 0 Å². The van der Waals surface area contributed by atoms with Crippen molar-refractivity contribution in [2.45, 2.75) is 0 Å². The second-order valence-corrected chi connectivity index (χ2v) is 4.18. The van der Waals surface area contributed by atoms with Crippen molar-refractivity contribution in [2.24, 2.45) is 0 Å². The molecule has 0 unspecified atom stereocenters. The summed E-state index contributed by atoms with van der Waals surface area (Å²) in [6.07, 6.45) is 0. The van der Waals surface area contributed by atoms with E-state index in [1.165, 1.54) is 14.7 Å². The smallest absolute Gasteiger partial charge is 0.0513 e. The minimum Gasteiger partial charge on any atom is -0.155 e. The van der Waals surface area contributed by atoms with Crippen LogP contribution in [0.4, 0.5) is 0 Å². The van der Waals surface area contributed by atoms with Gasteiger partial charge in [-0.1, -0.05) is 12.1 Å². The normalized spacial score (nSPS) is 9.33. The molecular weight excluding hydrogens is 108 g/mol. The maximum atomic E-state index is 2.16. The molecule has 1 aromatic heterocycles. The zero-order valence-corrected chi connectivity index (χ0v) is 6.46. The van der Waals surface area contributed by atoms with Crippen LogP contribution in [0.2, 0.25) is 0 Å². The van der Waals surface area contributed by atoms with Gasteiger partial charge in [0.25, 0.3) is 0 Å². The van der Waals surface area contributed by atoms with Gasteiger partial charge in [-0.25, -0.2) is 0 Å². The molecule has 6 heavy (non-hydrogen) atoms. The van der Waals surface area contributed by atoms with Crippen LogP contribution in [0.1, 0.15) is 0 Å². The Hall–Kier alpha value is -0.0831. The molecule has 0 aliphatic rings. The lowest BCUT2D eigenvalue weighted by atomic mass is 10.7. The monoisotopic (exact) mass is 114 g/mol. The fourth-order valence-electron chi connectivity index (χ4n) is 0.361. The van der Waals surface area contributed by atoms with Gasteiger partial charge >= 0.3 is 0 Å². The number of hydrogen-bond acceptors (Lipinski definition) is 1. The third kappa shape index (κ3) is 0.697. The van der Waals surface area contributed by atoms with E-state index >= 15 is 0 Å². The van der Waals surface area contributed by atoms with Crippen molar-refractivity contribution < 1.29 is 0 Å². The van der Waals surface area contributed by atoms with E-state index in [0.29, 0.717) is 0 Å². The van der Waals surface area contributed by atoms with Crippen molar-refractivity contribution >= 4 is 26.1 Å². The Morgan fingerprint density at radius 3 is 2.67 bits per heavy atom. The molecule has 0 saturated carbocycles. The average molecular weight is 114 g/mol. The second-order valence-electron chi connectivity index (χ2n) is 1.22. The Kier molecular flexibility index (Phi) is 1.07. The Morgan fingerprint density at radius 2 is 2.50 bits per heavy atom. The summed E-state index contributed by atoms with van der Waals surface area (Å²) in [6, 6.07) is 4.25. The first kappa shape index (κ1) is 4.09. The highest BCUT2D eigenvalue weighted by atomic mass is 32.1. The van der Waals surface area contributed by atoms with E-state index in [4.69, 9.17) is 0 Å². The molecule has 0 nitrogen and oxygen atoms in total. The Labute approximate surface area is 44.2 Å². The third-order valence-corrected chi connectivity index (χ3v) is 2.50. The van der Waals surface area contributed by atoms with Gasteiger partial charge in [-0.15, -0.1) is 0 Å². The van der Waals surface area contributed by atoms with Crippen molar-refractivity contribution in [3.63, 3.8) is 0 Å². The van der Waals surface area contributed by atoms with Gasteiger partial charge in [-0.05, 0) is 9.88 Å². The van der Waals surface area contributed by atoms with Crippen molar-refractivity contribution in [3.8, 4) is 0 Å². The number of rotatable bonds is 0. The van der Waals surface area contributed by atoms with Gasteiger partial charge in [0.2, 0.25) is 0 Å². The predicted octanol–water partition coefficient (Wildman–Crippen LogP) is -0.261. The van der Waals surface area contributed by atoms with Crippen molar-refractivity contribution in [3.05, 3.63) is 17.5 Å². The maximum Gasteiger partial charge on any atom is 0.0513 e. The van der Waals surface area contributed by atoms with E-state index in [2.05, 4.69) is 17.5 Å². The van der Waals surface area contributed by atoms with Crippen LogP contribution < -0.4 is 4.50 Å². The quantitative estimate of drug-likeness (QED) is 0.408. The minimum atomic E-state index is 1.21. The molecule has 0 bridgehead atoms. The first-order valence-electron chi connectivity index (χ1n) is 1.90. The summed E-state index contributed by atoms with van der Waals surface area (Å²) in [5.74, 6) is 0. The fraction of sp³-hybridized carbons (Fsp3) is 0. The van der Waals surface area contributed by atoms with Crippen molar-refractivity contribution in [1.82, 2.24) is 0 Å². The van der Waals surface area contributed by atoms with Crippen LogP contribution in [0.5, 0.6) is 0 Å². The molecule has 0 atom stereocenters. The lowest BCUT2D eigenvalue weighted by molar-refractivity contribution is 2.07. The second kappa shape index (κ2) is 1.58. The standard InChI is InChI=1S/C4H6SSi/c6-4-2-1-3-5-4/h1-3H,6H3. The molecule has 2 heteroatoms. The first-order chi connectivity index (χ1) is 2.89. The van der Waals surface area contributed by atoms with Crippen LogP contribution in [0.15, 0.2) is 17.5 Å². The SMILES string of the molecule is [SiH3]c1cccs1. The van der Waals surface area contributed by atoms with Crippen LogP contribution in [-0.2, 0) is 0 Å². The van der Waals surface area contributed by atoms with Crippen molar-refractivity contribution in [1.29, 1.82) is 0 Å². The maximum absolute atomic E-state index is 2.16. The highest BCUT2D eigenvalue weighted by Gasteiger charge is 1.74. The van der Waals surface area contributed by atoms with Gasteiger partial charge in [0.15, 0.2) is 0 Å². The van der Waals surface area contributed by atoms with Gasteiger partial charge in [0, 0.05) is 0 Å². The highest BCUT2D eigenvalue weighted by Crippen LogP contribution is 1.87. The van der Waals surface area contributed by atoms with Gasteiger partial charge in [0.05, 0.1) is 10.2 Å². The van der Waals surface area contributed by atoms with E-state index in [9.17, 15) is 0 Å². The Balaban J connectivity index is 3.05. The number of hydrogen-bond donors (Lipinski definition) is 0. The largest absolute Gasteiger partial charge is 0.155 e. The minimum absolute atomic E-state index is 1.21.